The summed E-state index contributed by atoms with van der Waals surface area (Å²) in [7, 11) is -16.2. The predicted molar refractivity (Wildman–Crippen MR) is 354 cm³/mol. The van der Waals surface area contributed by atoms with Gasteiger partial charge in [-0.1, -0.05) is 54.8 Å². The summed E-state index contributed by atoms with van der Waals surface area (Å²) in [5.41, 5.74) is 3.75. The monoisotopic (exact) mass is 1350 g/mol. The Hall–Kier alpha value is -6.95. The number of anilines is 2. The largest absolute Gasteiger partial charge is 0.497 e. The first-order valence-electron chi connectivity index (χ1n) is 29.8. The number of hydrogen-bond donors (Lipinski definition) is 9. The lowest BCUT2D eigenvalue weighted by atomic mass is 9.77. The molecule has 0 spiro atoms. The molecular formula is C63H82ClN8O15S4+. The first-order chi connectivity index (χ1) is 42.7. The van der Waals surface area contributed by atoms with Crippen molar-refractivity contribution in [2.45, 2.75) is 138 Å². The van der Waals surface area contributed by atoms with Crippen molar-refractivity contribution in [3.63, 3.8) is 0 Å². The Morgan fingerprint density at radius 2 is 1.26 bits per heavy atom. The third kappa shape index (κ3) is 20.3. The Morgan fingerprint density at radius 1 is 0.670 bits per heavy atom. The fraction of sp³-hybridized carbons (Fsp3) is 0.429. The molecule has 1 atom stereocenters. The molecule has 6 rings (SSSR count). The van der Waals surface area contributed by atoms with Gasteiger partial charge in [-0.15, -0.1) is 0 Å². The summed E-state index contributed by atoms with van der Waals surface area (Å²) >= 11 is 6.09. The van der Waals surface area contributed by atoms with Gasteiger partial charge < -0.3 is 20.3 Å². The van der Waals surface area contributed by atoms with Gasteiger partial charge in [-0.25, -0.2) is 0 Å². The number of fused-ring (bicyclic) bond motifs is 2. The maximum absolute atomic E-state index is 13.0. The van der Waals surface area contributed by atoms with Crippen LogP contribution in [0, 0.1) is 16.2 Å². The maximum atomic E-state index is 13.0. The van der Waals surface area contributed by atoms with Crippen LogP contribution in [0.15, 0.2) is 125 Å². The SMILES string of the molecule is COc1ccc(N(C(C)=N)C(=N)CCC(=O)NCCCCCNC(=O)CCCCCC2(C)/C(=C/C=C/C=C/C3=[N+](CCCCS(=O)(=O)O)c4ccc(S(=O)(=O)O)cc4C3(C)C)N(CCCCS(=O)(=O)O)c3ccc(S(=O)(=O)O)cc32)c(C(=N)c2ccc(Cl)cc2)c1. The lowest BCUT2D eigenvalue weighted by Crippen LogP contribution is -2.36. The second-order valence-electron chi connectivity index (χ2n) is 23.2. The van der Waals surface area contributed by atoms with Gasteiger partial charge in [0, 0.05) is 96.0 Å². The summed E-state index contributed by atoms with van der Waals surface area (Å²) in [6.07, 6.45) is 14.4. The molecule has 0 bridgehead atoms. The molecule has 1 unspecified atom stereocenters. The van der Waals surface area contributed by atoms with E-state index in [1.807, 2.05) is 42.4 Å². The van der Waals surface area contributed by atoms with Crippen molar-refractivity contribution >= 4 is 104 Å². The van der Waals surface area contributed by atoms with E-state index in [1.165, 1.54) is 43.2 Å². The number of benzene rings is 4. The van der Waals surface area contributed by atoms with Gasteiger partial charge in [0.1, 0.15) is 24.0 Å². The third-order valence-electron chi connectivity index (χ3n) is 16.1. The topological polar surface area (TPSA) is 366 Å². The number of unbranched alkanes of at least 4 members (excludes halogenated alkanes) is 6. The third-order valence-corrected chi connectivity index (χ3v) is 19.6. The van der Waals surface area contributed by atoms with E-state index >= 15 is 0 Å². The number of halogens is 1. The second-order valence-corrected chi connectivity index (χ2v) is 29.6. The van der Waals surface area contributed by atoms with Gasteiger partial charge in [0.05, 0.1) is 45.2 Å². The van der Waals surface area contributed by atoms with Crippen LogP contribution in [-0.2, 0) is 60.9 Å². The molecule has 2 heterocycles. The average molecular weight is 1360 g/mol. The van der Waals surface area contributed by atoms with Crippen molar-refractivity contribution in [1.29, 1.82) is 16.2 Å². The molecule has 0 fully saturated rings. The van der Waals surface area contributed by atoms with E-state index in [4.69, 9.17) is 32.6 Å². The van der Waals surface area contributed by atoms with Crippen molar-refractivity contribution in [3.05, 3.63) is 142 Å². The Labute approximate surface area is 539 Å². The highest BCUT2D eigenvalue weighted by molar-refractivity contribution is 7.86. The number of carbonyl (C=O) groups excluding carboxylic acids is 2. The van der Waals surface area contributed by atoms with Crippen molar-refractivity contribution < 1.29 is 70.8 Å². The van der Waals surface area contributed by atoms with Gasteiger partial charge in [-0.2, -0.15) is 38.2 Å². The maximum Gasteiger partial charge on any atom is 0.294 e. The number of allylic oxidation sites excluding steroid dienone is 6. The number of amides is 2. The van der Waals surface area contributed by atoms with E-state index in [0.29, 0.717) is 128 Å². The van der Waals surface area contributed by atoms with E-state index in [0.717, 1.165) is 11.4 Å². The number of amidine groups is 2. The molecule has 0 aromatic heterocycles. The minimum atomic E-state index is -4.65. The standard InChI is InChI=1S/C63H81ClN8O15S4/c1-44(65)72(53-29-26-47(87-5)41-50(53)61(67)45-22-24-46(64)25-23-45)58(66)32-33-60(74)69-36-14-8-13-35-68-59(73)21-11-7-12-34-63(4)52-43-49(91(84,85)86)28-31-55(52)71(38-16-18-40-89(78,79)80)57(63)20-10-6-9-19-56-62(2,3)51-42-48(90(81,82)83)27-30-54(51)70(56)37-15-17-39-88(75,76)77/h6,9-10,19-20,22-31,41-43,65-67H,7-8,11-18,21,32-40H2,1-5H3,(H5-,68,69,73,74,75,76,77,78,79,80,81,82,83,84,85,86)/p+1. The summed E-state index contributed by atoms with van der Waals surface area (Å²) in [6, 6.07) is 20.4. The molecule has 2 aliphatic rings. The Bertz CT molecular complexity index is 3980. The van der Waals surface area contributed by atoms with Gasteiger partial charge in [0.15, 0.2) is 5.71 Å². The minimum absolute atomic E-state index is 0.000328. The lowest BCUT2D eigenvalue weighted by molar-refractivity contribution is -0.438. The van der Waals surface area contributed by atoms with Gasteiger partial charge in [0.25, 0.3) is 40.5 Å². The van der Waals surface area contributed by atoms with E-state index < -0.39 is 62.8 Å². The van der Waals surface area contributed by atoms with Gasteiger partial charge >= 0.3 is 0 Å². The second kappa shape index (κ2) is 31.6. The molecule has 4 aromatic carbocycles. The highest BCUT2D eigenvalue weighted by Gasteiger charge is 2.46. The van der Waals surface area contributed by atoms with E-state index in [1.54, 1.807) is 72.8 Å². The van der Waals surface area contributed by atoms with Crippen LogP contribution in [0.2, 0.25) is 5.02 Å². The summed E-state index contributed by atoms with van der Waals surface area (Å²) < 4.78 is 142. The van der Waals surface area contributed by atoms with E-state index in [2.05, 4.69) is 10.6 Å². The average Bonchev–Trinajstić information content (AvgIpc) is 1.60. The van der Waals surface area contributed by atoms with Crippen LogP contribution in [0.1, 0.15) is 140 Å². The smallest absolute Gasteiger partial charge is 0.294 e. The zero-order valence-corrected chi connectivity index (χ0v) is 55.7. The molecular weight excluding hydrogens is 1270 g/mol. The van der Waals surface area contributed by atoms with Crippen molar-refractivity contribution in [1.82, 2.24) is 10.6 Å². The summed E-state index contributed by atoms with van der Waals surface area (Å²) in [4.78, 5) is 28.7. The molecule has 0 saturated carbocycles. The Kier molecular flexibility index (Phi) is 25.4. The zero-order valence-electron chi connectivity index (χ0n) is 51.7. The number of rotatable bonds is 34. The van der Waals surface area contributed by atoms with Gasteiger partial charge in [0.2, 0.25) is 17.5 Å². The van der Waals surface area contributed by atoms with Crippen LogP contribution in [0.25, 0.3) is 0 Å². The molecule has 0 radical (unpaired) electrons. The zero-order chi connectivity index (χ0) is 67.1. The van der Waals surface area contributed by atoms with Crippen LogP contribution >= 0.6 is 11.6 Å². The summed E-state index contributed by atoms with van der Waals surface area (Å²) in [6.45, 7) is 8.61. The number of methoxy groups -OCH3 is 1. The molecule has 2 amide bonds. The van der Waals surface area contributed by atoms with Crippen LogP contribution in [0.5, 0.6) is 5.75 Å². The van der Waals surface area contributed by atoms with Crippen LogP contribution in [0.4, 0.5) is 17.1 Å². The van der Waals surface area contributed by atoms with E-state index in [-0.39, 0.29) is 77.6 Å². The number of hydrogen-bond acceptors (Lipinski definition) is 15. The summed E-state index contributed by atoms with van der Waals surface area (Å²) in [5, 5.41) is 32.8. The molecule has 494 valence electrons. The number of carbonyl (C=O) groups is 2. The molecule has 23 nitrogen and oxygen atoms in total. The minimum Gasteiger partial charge on any atom is -0.497 e. The highest BCUT2D eigenvalue weighted by atomic mass is 35.5. The normalized spacial score (nSPS) is 16.2. The van der Waals surface area contributed by atoms with Crippen LogP contribution in [0.3, 0.4) is 0 Å². The Balaban J connectivity index is 1.05. The van der Waals surface area contributed by atoms with Crippen LogP contribution < -0.4 is 25.2 Å². The van der Waals surface area contributed by atoms with Gasteiger partial charge in [-0.3, -0.25) is 48.9 Å². The van der Waals surface area contributed by atoms with Crippen LogP contribution in [-0.4, -0.2) is 136 Å². The highest BCUT2D eigenvalue weighted by Crippen LogP contribution is 2.52. The molecule has 2 aliphatic heterocycles. The first kappa shape index (κ1) is 73.1. The quantitative estimate of drug-likeness (QED) is 0.00524. The fourth-order valence-corrected chi connectivity index (χ4v) is 13.7. The van der Waals surface area contributed by atoms with Crippen molar-refractivity contribution in [3.8, 4) is 5.75 Å². The first-order valence-corrected chi connectivity index (χ1v) is 36.3. The predicted octanol–water partition coefficient (Wildman–Crippen LogP) is 10.4. The Morgan fingerprint density at radius 3 is 1.87 bits per heavy atom. The van der Waals surface area contributed by atoms with Gasteiger partial charge in [-0.05, 0) is 151 Å². The summed E-state index contributed by atoms with van der Waals surface area (Å²) in [5.74, 6) is -0.801. The van der Waals surface area contributed by atoms with E-state index in [9.17, 15) is 61.5 Å². The number of nitrogens with one attached hydrogen (secondary N) is 5. The molecule has 4 aromatic rings. The number of nitrogens with zero attached hydrogens (tertiary/aromatic N) is 3. The molecule has 91 heavy (non-hydrogen) atoms. The number of ether oxygens (including phenoxy) is 1. The fourth-order valence-electron chi connectivity index (χ4n) is 11.4. The molecule has 9 N–H and O–H groups in total. The van der Waals surface area contributed by atoms with Crippen molar-refractivity contribution in [2.75, 3.05) is 54.6 Å². The van der Waals surface area contributed by atoms with Crippen molar-refractivity contribution in [2.24, 2.45) is 0 Å². The lowest BCUT2D eigenvalue weighted by Gasteiger charge is -2.30. The molecule has 0 aliphatic carbocycles. The molecule has 0 saturated heterocycles. The molecule has 28 heteroatoms.